The second-order valence-corrected chi connectivity index (χ2v) is 6.19. The molecule has 2 aromatic heterocycles. The summed E-state index contributed by atoms with van der Waals surface area (Å²) >= 11 is 0. The van der Waals surface area contributed by atoms with Crippen LogP contribution in [0.5, 0.6) is 0 Å². The minimum atomic E-state index is -0.327. The van der Waals surface area contributed by atoms with Gasteiger partial charge in [-0.15, -0.1) is 0 Å². The highest BCUT2D eigenvalue weighted by Gasteiger charge is 2.27. The molecule has 8 nitrogen and oxygen atoms in total. The molecule has 3 N–H and O–H groups in total. The van der Waals surface area contributed by atoms with Crippen LogP contribution < -0.4 is 11.1 Å². The van der Waals surface area contributed by atoms with Gasteiger partial charge in [0, 0.05) is 36.6 Å². The number of ether oxygens (including phenoxy) is 1. The molecule has 3 rings (SSSR count). The fraction of sp³-hybridized carbons (Fsp3) is 0.333. The van der Waals surface area contributed by atoms with Gasteiger partial charge in [0.05, 0.1) is 18.8 Å². The van der Waals surface area contributed by atoms with Crippen molar-refractivity contribution >= 4 is 23.3 Å². The molecule has 0 saturated carbocycles. The minimum Gasteiger partial charge on any atom is -0.399 e. The second kappa shape index (κ2) is 7.49. The molecule has 136 valence electrons. The van der Waals surface area contributed by atoms with Gasteiger partial charge in [0.1, 0.15) is 11.9 Å². The third-order valence-corrected chi connectivity index (χ3v) is 3.99. The number of nitrogens with zero attached hydrogens (tertiary/aromatic N) is 3. The molecule has 26 heavy (non-hydrogen) atoms. The van der Waals surface area contributed by atoms with Gasteiger partial charge in [-0.1, -0.05) is 0 Å². The lowest BCUT2D eigenvalue weighted by molar-refractivity contribution is -0.114. The number of amides is 2. The molecule has 0 radical (unpaired) electrons. The molecule has 1 fully saturated rings. The Hall–Kier alpha value is -3.00. The van der Waals surface area contributed by atoms with Crippen LogP contribution in [0.2, 0.25) is 0 Å². The fourth-order valence-corrected chi connectivity index (χ4v) is 2.89. The first-order valence-corrected chi connectivity index (χ1v) is 8.31. The summed E-state index contributed by atoms with van der Waals surface area (Å²) in [6.45, 7) is 4.53. The number of morpholine rings is 1. The standard InChI is InChI=1S/C18H21N5O3/c1-11-7-14(19)9-15(21-11)16-10-23(5-6-26-16)18(25)13-3-4-20-17(8-13)22-12(2)24/h3-4,7-9,16H,5-6,10H2,1-2H3,(H2,19,21)(H,20,22,24). The maximum absolute atomic E-state index is 12.8. The molecule has 0 spiro atoms. The van der Waals surface area contributed by atoms with Gasteiger partial charge < -0.3 is 20.7 Å². The van der Waals surface area contributed by atoms with Crippen molar-refractivity contribution in [2.75, 3.05) is 30.7 Å². The number of nitrogen functional groups attached to an aromatic ring is 1. The predicted molar refractivity (Wildman–Crippen MR) is 96.5 cm³/mol. The lowest BCUT2D eigenvalue weighted by atomic mass is 10.1. The van der Waals surface area contributed by atoms with E-state index in [4.69, 9.17) is 10.5 Å². The number of pyridine rings is 2. The van der Waals surface area contributed by atoms with Gasteiger partial charge in [-0.2, -0.15) is 0 Å². The molecule has 0 bridgehead atoms. The average Bonchev–Trinajstić information content (AvgIpc) is 2.60. The summed E-state index contributed by atoms with van der Waals surface area (Å²) in [4.78, 5) is 34.2. The first kappa shape index (κ1) is 17.8. The largest absolute Gasteiger partial charge is 0.399 e. The summed E-state index contributed by atoms with van der Waals surface area (Å²) in [7, 11) is 0. The predicted octanol–water partition coefficient (Wildman–Crippen LogP) is 1.54. The molecule has 0 aliphatic carbocycles. The van der Waals surface area contributed by atoms with Crippen LogP contribution in [-0.2, 0) is 9.53 Å². The maximum atomic E-state index is 12.8. The molecule has 1 aliphatic heterocycles. The van der Waals surface area contributed by atoms with Gasteiger partial charge >= 0.3 is 0 Å². The van der Waals surface area contributed by atoms with E-state index in [9.17, 15) is 9.59 Å². The zero-order valence-electron chi connectivity index (χ0n) is 14.7. The number of carbonyl (C=O) groups is 2. The summed E-state index contributed by atoms with van der Waals surface area (Å²) < 4.78 is 5.79. The summed E-state index contributed by atoms with van der Waals surface area (Å²) in [5, 5.41) is 2.58. The quantitative estimate of drug-likeness (QED) is 0.864. The van der Waals surface area contributed by atoms with Crippen molar-refractivity contribution in [2.45, 2.75) is 20.0 Å². The van der Waals surface area contributed by atoms with Crippen LogP contribution in [0, 0.1) is 6.92 Å². The van der Waals surface area contributed by atoms with Crippen molar-refractivity contribution < 1.29 is 14.3 Å². The molecule has 1 saturated heterocycles. The molecule has 3 heterocycles. The van der Waals surface area contributed by atoms with Crippen LogP contribution in [-0.4, -0.2) is 46.4 Å². The Bertz CT molecular complexity index is 819. The topological polar surface area (TPSA) is 110 Å². The van der Waals surface area contributed by atoms with E-state index in [0.717, 1.165) is 5.69 Å². The average molecular weight is 355 g/mol. The van der Waals surface area contributed by atoms with Crippen molar-refractivity contribution in [3.05, 3.63) is 47.4 Å². The van der Waals surface area contributed by atoms with Crippen LogP contribution in [0.15, 0.2) is 30.5 Å². The number of nitrogens with two attached hydrogens (primary N) is 1. The number of hydrogen-bond acceptors (Lipinski definition) is 6. The number of anilines is 2. The molecular weight excluding hydrogens is 334 g/mol. The molecule has 1 unspecified atom stereocenters. The van der Waals surface area contributed by atoms with Crippen molar-refractivity contribution in [3.8, 4) is 0 Å². The van der Waals surface area contributed by atoms with Gasteiger partial charge in [-0.25, -0.2) is 4.98 Å². The molecular formula is C18H21N5O3. The van der Waals surface area contributed by atoms with E-state index in [1.807, 2.05) is 6.92 Å². The van der Waals surface area contributed by atoms with Gasteiger partial charge in [0.25, 0.3) is 5.91 Å². The lowest BCUT2D eigenvalue weighted by Crippen LogP contribution is -2.42. The second-order valence-electron chi connectivity index (χ2n) is 6.19. The summed E-state index contributed by atoms with van der Waals surface area (Å²) in [6, 6.07) is 6.75. The number of aromatic nitrogens is 2. The zero-order valence-corrected chi connectivity index (χ0v) is 14.7. The normalized spacial score (nSPS) is 17.0. The SMILES string of the molecule is CC(=O)Nc1cc(C(=O)N2CCOC(c3cc(N)cc(C)n3)C2)ccn1. The number of nitrogens with one attached hydrogen (secondary N) is 1. The molecule has 2 amide bonds. The summed E-state index contributed by atoms with van der Waals surface area (Å²) in [5.41, 5.74) is 8.49. The lowest BCUT2D eigenvalue weighted by Gasteiger charge is -2.33. The molecule has 1 atom stereocenters. The van der Waals surface area contributed by atoms with Crippen molar-refractivity contribution in [1.29, 1.82) is 0 Å². The van der Waals surface area contributed by atoms with Crippen LogP contribution in [0.25, 0.3) is 0 Å². The Morgan fingerprint density at radius 1 is 1.35 bits per heavy atom. The summed E-state index contributed by atoms with van der Waals surface area (Å²) in [5.74, 6) is -0.0362. The zero-order chi connectivity index (χ0) is 18.7. The van der Waals surface area contributed by atoms with Gasteiger partial charge in [-0.3, -0.25) is 14.6 Å². The first-order valence-electron chi connectivity index (χ1n) is 8.31. The third kappa shape index (κ3) is 4.15. The maximum Gasteiger partial charge on any atom is 0.254 e. The van der Waals surface area contributed by atoms with E-state index in [1.165, 1.54) is 13.1 Å². The van der Waals surface area contributed by atoms with E-state index in [1.54, 1.807) is 29.2 Å². The summed E-state index contributed by atoms with van der Waals surface area (Å²) in [6.07, 6.45) is 1.17. The highest BCUT2D eigenvalue weighted by Crippen LogP contribution is 2.24. The number of aryl methyl sites for hydroxylation is 1. The van der Waals surface area contributed by atoms with E-state index in [-0.39, 0.29) is 17.9 Å². The Labute approximate surface area is 151 Å². The van der Waals surface area contributed by atoms with Crippen molar-refractivity contribution in [2.24, 2.45) is 0 Å². The Morgan fingerprint density at radius 2 is 2.15 bits per heavy atom. The van der Waals surface area contributed by atoms with Crippen molar-refractivity contribution in [1.82, 2.24) is 14.9 Å². The number of hydrogen-bond donors (Lipinski definition) is 2. The monoisotopic (exact) mass is 355 g/mol. The first-order chi connectivity index (χ1) is 12.4. The van der Waals surface area contributed by atoms with Gasteiger partial charge in [-0.05, 0) is 31.2 Å². The molecule has 8 heteroatoms. The molecule has 1 aliphatic rings. The van der Waals surface area contributed by atoms with E-state index in [0.29, 0.717) is 42.5 Å². The highest BCUT2D eigenvalue weighted by molar-refractivity contribution is 5.96. The van der Waals surface area contributed by atoms with Crippen LogP contribution in [0.4, 0.5) is 11.5 Å². The Kier molecular flexibility index (Phi) is 5.13. The highest BCUT2D eigenvalue weighted by atomic mass is 16.5. The minimum absolute atomic E-state index is 0.145. The van der Waals surface area contributed by atoms with E-state index >= 15 is 0 Å². The Morgan fingerprint density at radius 3 is 2.88 bits per heavy atom. The van der Waals surface area contributed by atoms with E-state index in [2.05, 4.69) is 15.3 Å². The fourth-order valence-electron chi connectivity index (χ4n) is 2.89. The van der Waals surface area contributed by atoms with Gasteiger partial charge in [0.2, 0.25) is 5.91 Å². The smallest absolute Gasteiger partial charge is 0.254 e. The van der Waals surface area contributed by atoms with Gasteiger partial charge in [0.15, 0.2) is 0 Å². The third-order valence-electron chi connectivity index (χ3n) is 3.99. The van der Waals surface area contributed by atoms with E-state index < -0.39 is 0 Å². The molecule has 0 aromatic carbocycles. The molecule has 2 aromatic rings. The van der Waals surface area contributed by atoms with Crippen LogP contribution in [0.1, 0.15) is 34.8 Å². The number of carbonyl (C=O) groups excluding carboxylic acids is 2. The van der Waals surface area contributed by atoms with Crippen molar-refractivity contribution in [3.63, 3.8) is 0 Å². The Balaban J connectivity index is 1.76. The number of rotatable bonds is 3. The van der Waals surface area contributed by atoms with Crippen LogP contribution in [0.3, 0.4) is 0 Å². The van der Waals surface area contributed by atoms with Crippen LogP contribution >= 0.6 is 0 Å².